The van der Waals surface area contributed by atoms with Crippen LogP contribution in [0.1, 0.15) is 0 Å². The van der Waals surface area contributed by atoms with Crippen LogP contribution in [0.4, 0.5) is 0 Å². The SMILES string of the molecule is CSc1ccccn1.O. The second-order valence-corrected chi connectivity index (χ2v) is 2.20. The highest BCUT2D eigenvalue weighted by molar-refractivity contribution is 7.98. The van der Waals surface area contributed by atoms with Gasteiger partial charge in [-0.1, -0.05) is 6.07 Å². The van der Waals surface area contributed by atoms with Crippen molar-refractivity contribution in [3.63, 3.8) is 0 Å². The highest BCUT2D eigenvalue weighted by Crippen LogP contribution is 2.07. The van der Waals surface area contributed by atoms with Crippen molar-refractivity contribution >= 4 is 11.8 Å². The molecule has 9 heavy (non-hydrogen) atoms. The molecule has 0 atom stereocenters. The van der Waals surface area contributed by atoms with Crippen LogP contribution in [0.3, 0.4) is 0 Å². The zero-order chi connectivity index (χ0) is 5.82. The Morgan fingerprint density at radius 3 is 2.56 bits per heavy atom. The summed E-state index contributed by atoms with van der Waals surface area (Å²) in [7, 11) is 0. The van der Waals surface area contributed by atoms with E-state index in [1.54, 1.807) is 18.0 Å². The van der Waals surface area contributed by atoms with E-state index < -0.39 is 0 Å². The molecule has 1 rings (SSSR count). The predicted octanol–water partition coefficient (Wildman–Crippen LogP) is 0.979. The molecule has 1 aromatic rings. The molecule has 0 saturated carbocycles. The van der Waals surface area contributed by atoms with Gasteiger partial charge < -0.3 is 5.48 Å². The maximum Gasteiger partial charge on any atom is 0.0957 e. The number of thioether (sulfide) groups is 1. The summed E-state index contributed by atoms with van der Waals surface area (Å²) in [5.74, 6) is 0. The van der Waals surface area contributed by atoms with Gasteiger partial charge in [0.2, 0.25) is 0 Å². The first-order valence-corrected chi connectivity index (χ1v) is 3.61. The fourth-order valence-electron chi connectivity index (χ4n) is 0.468. The topological polar surface area (TPSA) is 44.4 Å². The molecule has 0 radical (unpaired) electrons. The Labute approximate surface area is 58.6 Å². The average molecular weight is 143 g/mol. The first kappa shape index (κ1) is 8.46. The van der Waals surface area contributed by atoms with Crippen LogP contribution in [0.25, 0.3) is 0 Å². The molecule has 1 aromatic heterocycles. The number of hydrogen-bond acceptors (Lipinski definition) is 2. The molecule has 0 bridgehead atoms. The lowest BCUT2D eigenvalue weighted by Crippen LogP contribution is -1.71. The van der Waals surface area contributed by atoms with E-state index in [4.69, 9.17) is 0 Å². The van der Waals surface area contributed by atoms with Gasteiger partial charge in [0.15, 0.2) is 0 Å². The van der Waals surface area contributed by atoms with E-state index in [1.165, 1.54) is 0 Å². The minimum absolute atomic E-state index is 0. The van der Waals surface area contributed by atoms with E-state index in [1.807, 2.05) is 24.5 Å². The first-order chi connectivity index (χ1) is 3.93. The zero-order valence-electron chi connectivity index (χ0n) is 5.16. The second kappa shape index (κ2) is 4.35. The fourth-order valence-corrected chi connectivity index (χ4v) is 0.849. The zero-order valence-corrected chi connectivity index (χ0v) is 5.98. The molecule has 0 aliphatic heterocycles. The van der Waals surface area contributed by atoms with Crippen LogP contribution < -0.4 is 0 Å². The van der Waals surface area contributed by atoms with Gasteiger partial charge in [0.05, 0.1) is 5.03 Å². The quantitative estimate of drug-likeness (QED) is 0.550. The number of aromatic nitrogens is 1. The van der Waals surface area contributed by atoms with E-state index in [-0.39, 0.29) is 5.48 Å². The van der Waals surface area contributed by atoms with Gasteiger partial charge in [0, 0.05) is 6.20 Å². The van der Waals surface area contributed by atoms with Gasteiger partial charge in [0.25, 0.3) is 0 Å². The van der Waals surface area contributed by atoms with Crippen LogP contribution in [-0.2, 0) is 0 Å². The molecule has 3 heteroatoms. The lowest BCUT2D eigenvalue weighted by molar-refractivity contribution is 0.824. The summed E-state index contributed by atoms with van der Waals surface area (Å²) in [5.41, 5.74) is 0. The molecule has 0 unspecified atom stereocenters. The van der Waals surface area contributed by atoms with Gasteiger partial charge in [-0.3, -0.25) is 0 Å². The minimum Gasteiger partial charge on any atom is -0.412 e. The predicted molar refractivity (Wildman–Crippen MR) is 39.6 cm³/mol. The summed E-state index contributed by atoms with van der Waals surface area (Å²) in [4.78, 5) is 4.06. The molecule has 0 fully saturated rings. The molecule has 2 N–H and O–H groups in total. The maximum atomic E-state index is 4.06. The number of nitrogens with zero attached hydrogens (tertiary/aromatic N) is 1. The van der Waals surface area contributed by atoms with E-state index in [0.717, 1.165) is 5.03 Å². The van der Waals surface area contributed by atoms with E-state index in [0.29, 0.717) is 0 Å². The molecule has 0 aliphatic rings. The summed E-state index contributed by atoms with van der Waals surface area (Å²) in [5, 5.41) is 1.08. The van der Waals surface area contributed by atoms with Gasteiger partial charge in [-0.05, 0) is 18.4 Å². The Morgan fingerprint density at radius 1 is 1.44 bits per heavy atom. The van der Waals surface area contributed by atoms with Crippen molar-refractivity contribution in [2.45, 2.75) is 5.03 Å². The van der Waals surface area contributed by atoms with Gasteiger partial charge in [-0.2, -0.15) is 0 Å². The second-order valence-electron chi connectivity index (χ2n) is 1.37. The number of rotatable bonds is 1. The van der Waals surface area contributed by atoms with E-state index >= 15 is 0 Å². The summed E-state index contributed by atoms with van der Waals surface area (Å²) in [6, 6.07) is 5.89. The fraction of sp³-hybridized carbons (Fsp3) is 0.167. The van der Waals surface area contributed by atoms with Gasteiger partial charge in [-0.25, -0.2) is 4.98 Å². The molecule has 2 nitrogen and oxygen atoms in total. The Kier molecular flexibility index (Phi) is 4.09. The van der Waals surface area contributed by atoms with Gasteiger partial charge >= 0.3 is 0 Å². The third-order valence-electron chi connectivity index (χ3n) is 0.847. The van der Waals surface area contributed by atoms with Crippen LogP contribution in [0.15, 0.2) is 29.4 Å². The molecule has 50 valence electrons. The number of pyridine rings is 1. The molecule has 0 spiro atoms. The van der Waals surface area contributed by atoms with E-state index in [2.05, 4.69) is 4.98 Å². The summed E-state index contributed by atoms with van der Waals surface area (Å²) >= 11 is 1.66. The van der Waals surface area contributed by atoms with Gasteiger partial charge in [0.1, 0.15) is 0 Å². The molecule has 0 amide bonds. The largest absolute Gasteiger partial charge is 0.412 e. The molecular formula is C6H9NOS. The Balaban J connectivity index is 0.000000640. The van der Waals surface area contributed by atoms with Crippen LogP contribution in [0.5, 0.6) is 0 Å². The van der Waals surface area contributed by atoms with Crippen LogP contribution >= 0.6 is 11.8 Å². The maximum absolute atomic E-state index is 4.06. The van der Waals surface area contributed by atoms with Crippen molar-refractivity contribution in [2.24, 2.45) is 0 Å². The van der Waals surface area contributed by atoms with Crippen LogP contribution in [0.2, 0.25) is 0 Å². The lowest BCUT2D eigenvalue weighted by atomic mass is 10.5. The molecule has 0 aliphatic carbocycles. The third kappa shape index (κ3) is 2.49. The van der Waals surface area contributed by atoms with Crippen molar-refractivity contribution in [3.05, 3.63) is 24.4 Å². The molecule has 0 aromatic carbocycles. The van der Waals surface area contributed by atoms with Crippen molar-refractivity contribution in [1.82, 2.24) is 4.98 Å². The normalized spacial score (nSPS) is 8.11. The summed E-state index contributed by atoms with van der Waals surface area (Å²) in [6.45, 7) is 0. The monoisotopic (exact) mass is 143 g/mol. The molecule has 1 heterocycles. The van der Waals surface area contributed by atoms with Crippen LogP contribution in [-0.4, -0.2) is 16.7 Å². The summed E-state index contributed by atoms with van der Waals surface area (Å²) < 4.78 is 0. The first-order valence-electron chi connectivity index (χ1n) is 2.38. The minimum atomic E-state index is 0. The number of hydrogen-bond donors (Lipinski definition) is 0. The van der Waals surface area contributed by atoms with E-state index in [9.17, 15) is 0 Å². The Hall–Kier alpha value is -0.540. The highest BCUT2D eigenvalue weighted by atomic mass is 32.2. The Morgan fingerprint density at radius 2 is 2.22 bits per heavy atom. The lowest BCUT2D eigenvalue weighted by Gasteiger charge is -1.88. The van der Waals surface area contributed by atoms with Crippen molar-refractivity contribution < 1.29 is 5.48 Å². The van der Waals surface area contributed by atoms with Crippen molar-refractivity contribution in [2.75, 3.05) is 6.26 Å². The standard InChI is InChI=1S/C6H7NS.H2O/c1-8-6-4-2-3-5-7-6;/h2-5H,1H3;1H2. The van der Waals surface area contributed by atoms with Gasteiger partial charge in [-0.15, -0.1) is 11.8 Å². The van der Waals surface area contributed by atoms with Crippen molar-refractivity contribution in [1.29, 1.82) is 0 Å². The third-order valence-corrected chi connectivity index (χ3v) is 1.51. The summed E-state index contributed by atoms with van der Waals surface area (Å²) in [6.07, 6.45) is 3.81. The highest BCUT2D eigenvalue weighted by Gasteiger charge is 1.82. The van der Waals surface area contributed by atoms with Crippen LogP contribution in [0, 0.1) is 0 Å². The molecular weight excluding hydrogens is 134 g/mol. The average Bonchev–Trinajstić information content (AvgIpc) is 1.90. The molecule has 0 saturated heterocycles. The Bertz CT molecular complexity index is 154. The van der Waals surface area contributed by atoms with Crippen molar-refractivity contribution in [3.8, 4) is 0 Å². The smallest absolute Gasteiger partial charge is 0.0957 e.